The van der Waals surface area contributed by atoms with Gasteiger partial charge in [-0.1, -0.05) is 17.7 Å². The number of carbonyl (C=O) groups is 2. The summed E-state index contributed by atoms with van der Waals surface area (Å²) in [6.07, 6.45) is 4.01. The molecule has 1 aromatic carbocycles. The summed E-state index contributed by atoms with van der Waals surface area (Å²) in [5.74, 6) is -1.23. The number of halogens is 1. The van der Waals surface area contributed by atoms with Gasteiger partial charge in [-0.3, -0.25) is 4.79 Å². The summed E-state index contributed by atoms with van der Waals surface area (Å²) < 4.78 is 5.24. The zero-order valence-corrected chi connectivity index (χ0v) is 12.1. The number of ether oxygens (including phenoxy) is 1. The van der Waals surface area contributed by atoms with Crippen LogP contribution in [-0.4, -0.2) is 36.2 Å². The van der Waals surface area contributed by atoms with Crippen molar-refractivity contribution in [3.05, 3.63) is 40.4 Å². The molecule has 1 amide bonds. The number of aliphatic carboxylic acids is 1. The second-order valence-electron chi connectivity index (χ2n) is 4.77. The van der Waals surface area contributed by atoms with Crippen molar-refractivity contribution in [3.8, 4) is 0 Å². The molecule has 0 radical (unpaired) electrons. The van der Waals surface area contributed by atoms with Gasteiger partial charge in [0, 0.05) is 35.9 Å². The Morgan fingerprint density at radius 1 is 1.33 bits per heavy atom. The average Bonchev–Trinajstić information content (AvgIpc) is 2.46. The number of carboxylic acids is 1. The minimum Gasteiger partial charge on any atom is -0.478 e. The summed E-state index contributed by atoms with van der Waals surface area (Å²) >= 11 is 6.06. The second-order valence-corrected chi connectivity index (χ2v) is 5.18. The van der Waals surface area contributed by atoms with Gasteiger partial charge in [0.25, 0.3) is 5.91 Å². The lowest BCUT2D eigenvalue weighted by molar-refractivity contribution is -0.131. The molecule has 1 fully saturated rings. The molecule has 0 spiro atoms. The van der Waals surface area contributed by atoms with Crippen LogP contribution in [0.2, 0.25) is 5.02 Å². The van der Waals surface area contributed by atoms with Crippen molar-refractivity contribution in [3.63, 3.8) is 0 Å². The summed E-state index contributed by atoms with van der Waals surface area (Å²) in [7, 11) is 0. The van der Waals surface area contributed by atoms with Crippen LogP contribution in [0.1, 0.15) is 28.8 Å². The molecule has 1 aliphatic rings. The molecule has 112 valence electrons. The molecule has 0 saturated carbocycles. The van der Waals surface area contributed by atoms with E-state index in [2.05, 4.69) is 5.32 Å². The van der Waals surface area contributed by atoms with E-state index in [9.17, 15) is 9.59 Å². The van der Waals surface area contributed by atoms with Gasteiger partial charge in [0.2, 0.25) is 0 Å². The maximum absolute atomic E-state index is 12.1. The number of carbonyl (C=O) groups excluding carboxylic acids is 1. The number of amides is 1. The van der Waals surface area contributed by atoms with E-state index in [1.54, 1.807) is 12.1 Å². The van der Waals surface area contributed by atoms with Gasteiger partial charge >= 0.3 is 5.97 Å². The molecule has 1 heterocycles. The Morgan fingerprint density at radius 2 is 2.05 bits per heavy atom. The molecule has 5 nitrogen and oxygen atoms in total. The highest BCUT2D eigenvalue weighted by atomic mass is 35.5. The minimum absolute atomic E-state index is 0.122. The van der Waals surface area contributed by atoms with Crippen LogP contribution in [0.4, 0.5) is 0 Å². The number of hydrogen-bond donors (Lipinski definition) is 2. The van der Waals surface area contributed by atoms with Crippen LogP contribution in [0.5, 0.6) is 0 Å². The number of rotatable bonds is 4. The Bertz CT molecular complexity index is 565. The maximum atomic E-state index is 12.1. The van der Waals surface area contributed by atoms with Crippen molar-refractivity contribution < 1.29 is 19.4 Å². The van der Waals surface area contributed by atoms with Crippen LogP contribution in [-0.2, 0) is 9.53 Å². The van der Waals surface area contributed by atoms with E-state index in [0.29, 0.717) is 29.4 Å². The Kier molecular flexibility index (Phi) is 5.36. The Hall–Kier alpha value is -1.85. The third-order valence-corrected chi connectivity index (χ3v) is 3.55. The molecule has 21 heavy (non-hydrogen) atoms. The van der Waals surface area contributed by atoms with Gasteiger partial charge in [-0.25, -0.2) is 4.79 Å². The first-order chi connectivity index (χ1) is 10.1. The Labute approximate surface area is 127 Å². The molecule has 6 heteroatoms. The van der Waals surface area contributed by atoms with Gasteiger partial charge in [0.1, 0.15) is 0 Å². The number of carboxylic acid groups (broad SMARTS) is 1. The zero-order chi connectivity index (χ0) is 15.2. The van der Waals surface area contributed by atoms with E-state index in [-0.39, 0.29) is 11.9 Å². The van der Waals surface area contributed by atoms with Crippen LogP contribution in [0.15, 0.2) is 24.3 Å². The van der Waals surface area contributed by atoms with E-state index in [1.165, 1.54) is 12.1 Å². The highest BCUT2D eigenvalue weighted by Gasteiger charge is 2.17. The highest BCUT2D eigenvalue weighted by molar-refractivity contribution is 6.32. The second kappa shape index (κ2) is 7.24. The van der Waals surface area contributed by atoms with Crippen molar-refractivity contribution in [1.82, 2.24) is 5.32 Å². The molecule has 0 aromatic heterocycles. The first-order valence-corrected chi connectivity index (χ1v) is 7.03. The lowest BCUT2D eigenvalue weighted by Crippen LogP contribution is -2.38. The molecular formula is C15H16ClNO4. The van der Waals surface area contributed by atoms with Gasteiger partial charge in [0.05, 0.1) is 0 Å². The molecule has 0 bridgehead atoms. The van der Waals surface area contributed by atoms with Crippen LogP contribution in [0.3, 0.4) is 0 Å². The zero-order valence-electron chi connectivity index (χ0n) is 11.3. The molecule has 2 N–H and O–H groups in total. The van der Waals surface area contributed by atoms with E-state index < -0.39 is 5.97 Å². The van der Waals surface area contributed by atoms with Gasteiger partial charge in [-0.05, 0) is 36.6 Å². The van der Waals surface area contributed by atoms with Crippen molar-refractivity contribution in [2.45, 2.75) is 18.9 Å². The monoisotopic (exact) mass is 309 g/mol. The van der Waals surface area contributed by atoms with Gasteiger partial charge in [-0.2, -0.15) is 0 Å². The lowest BCUT2D eigenvalue weighted by atomic mass is 10.1. The maximum Gasteiger partial charge on any atom is 0.328 e. The van der Waals surface area contributed by atoms with E-state index >= 15 is 0 Å². The van der Waals surface area contributed by atoms with Crippen LogP contribution in [0.25, 0.3) is 6.08 Å². The fourth-order valence-corrected chi connectivity index (χ4v) is 2.32. The summed E-state index contributed by atoms with van der Waals surface area (Å²) in [4.78, 5) is 22.6. The van der Waals surface area contributed by atoms with Crippen LogP contribution >= 0.6 is 11.6 Å². The molecular weight excluding hydrogens is 294 g/mol. The third-order valence-electron chi connectivity index (χ3n) is 3.22. The Morgan fingerprint density at radius 3 is 2.67 bits per heavy atom. The molecule has 1 aliphatic heterocycles. The predicted octanol–water partition coefficient (Wildman–Crippen LogP) is 2.35. The quantitative estimate of drug-likeness (QED) is 0.837. The summed E-state index contributed by atoms with van der Waals surface area (Å²) in [5, 5.41) is 11.9. The Balaban J connectivity index is 2.04. The average molecular weight is 310 g/mol. The van der Waals surface area contributed by atoms with Crippen molar-refractivity contribution in [2.24, 2.45) is 0 Å². The molecule has 0 aliphatic carbocycles. The predicted molar refractivity (Wildman–Crippen MR) is 79.4 cm³/mol. The molecule has 0 atom stereocenters. The normalized spacial score (nSPS) is 16.0. The van der Waals surface area contributed by atoms with Gasteiger partial charge in [-0.15, -0.1) is 0 Å². The van der Waals surface area contributed by atoms with Gasteiger partial charge in [0.15, 0.2) is 0 Å². The lowest BCUT2D eigenvalue weighted by Gasteiger charge is -2.23. The number of nitrogens with one attached hydrogen (secondary N) is 1. The summed E-state index contributed by atoms with van der Waals surface area (Å²) in [6, 6.07) is 4.91. The molecule has 0 unspecified atom stereocenters. The fraction of sp³-hybridized carbons (Fsp3) is 0.333. The first kappa shape index (κ1) is 15.5. The fourth-order valence-electron chi connectivity index (χ4n) is 2.08. The molecule has 2 rings (SSSR count). The van der Waals surface area contributed by atoms with Gasteiger partial charge < -0.3 is 15.2 Å². The summed E-state index contributed by atoms with van der Waals surface area (Å²) in [5.41, 5.74) is 1.01. The minimum atomic E-state index is -1.05. The van der Waals surface area contributed by atoms with E-state index in [4.69, 9.17) is 21.4 Å². The first-order valence-electron chi connectivity index (χ1n) is 6.65. The third kappa shape index (κ3) is 4.58. The SMILES string of the molecule is O=C(O)/C=C/c1ccc(C(=O)NC2CCOCC2)cc1Cl. The van der Waals surface area contributed by atoms with E-state index in [0.717, 1.165) is 18.9 Å². The smallest absolute Gasteiger partial charge is 0.328 e. The van der Waals surface area contributed by atoms with Crippen molar-refractivity contribution in [2.75, 3.05) is 13.2 Å². The van der Waals surface area contributed by atoms with Crippen LogP contribution < -0.4 is 5.32 Å². The number of benzene rings is 1. The largest absolute Gasteiger partial charge is 0.478 e. The highest BCUT2D eigenvalue weighted by Crippen LogP contribution is 2.20. The topological polar surface area (TPSA) is 75.6 Å². The van der Waals surface area contributed by atoms with E-state index in [1.807, 2.05) is 0 Å². The molecule has 1 saturated heterocycles. The van der Waals surface area contributed by atoms with Crippen molar-refractivity contribution >= 4 is 29.6 Å². The van der Waals surface area contributed by atoms with Crippen LogP contribution in [0, 0.1) is 0 Å². The summed E-state index contributed by atoms with van der Waals surface area (Å²) in [6.45, 7) is 1.31. The van der Waals surface area contributed by atoms with Crippen molar-refractivity contribution in [1.29, 1.82) is 0 Å². The molecule has 1 aromatic rings. The number of hydrogen-bond acceptors (Lipinski definition) is 3. The standard InChI is InChI=1S/C15H16ClNO4/c16-13-9-11(2-1-10(13)3-4-14(18)19)15(20)17-12-5-7-21-8-6-12/h1-4,9,12H,5-8H2,(H,17,20)(H,18,19)/b4-3+.